The molecule has 0 fully saturated rings. The first-order valence-corrected chi connectivity index (χ1v) is 20.8. The fourth-order valence-corrected chi connectivity index (χ4v) is 9.03. The molecule has 12 rings (SSSR count). The van der Waals surface area contributed by atoms with E-state index in [2.05, 4.69) is 158 Å². The quantitative estimate of drug-likeness (QED) is 0.157. The van der Waals surface area contributed by atoms with Crippen LogP contribution in [0.2, 0.25) is 0 Å². The number of aromatic nitrogens is 5. The van der Waals surface area contributed by atoms with E-state index in [0.717, 1.165) is 99.7 Å². The van der Waals surface area contributed by atoms with Gasteiger partial charge >= 0.3 is 0 Å². The molecular formula is C57H35N5. The highest BCUT2D eigenvalue weighted by Gasteiger charge is 2.23. The summed E-state index contributed by atoms with van der Waals surface area (Å²) in [5.74, 6) is 0.648. The van der Waals surface area contributed by atoms with E-state index in [0.29, 0.717) is 5.82 Å². The average molecular weight is 790 g/mol. The van der Waals surface area contributed by atoms with Crippen molar-refractivity contribution in [2.24, 2.45) is 0 Å². The fourth-order valence-electron chi connectivity index (χ4n) is 9.03. The summed E-state index contributed by atoms with van der Waals surface area (Å²) in [6.07, 6.45) is 3.82. The average Bonchev–Trinajstić information content (AvgIpc) is 3.35. The molecule has 0 unspecified atom stereocenters. The lowest BCUT2D eigenvalue weighted by Gasteiger charge is -2.20. The van der Waals surface area contributed by atoms with E-state index in [1.165, 1.54) is 16.2 Å². The zero-order valence-electron chi connectivity index (χ0n) is 33.4. The minimum absolute atomic E-state index is 0.648. The third-order valence-corrected chi connectivity index (χ3v) is 12.0. The summed E-state index contributed by atoms with van der Waals surface area (Å²) in [6.45, 7) is 0. The first kappa shape index (κ1) is 35.5. The van der Waals surface area contributed by atoms with E-state index >= 15 is 0 Å². The molecule has 62 heavy (non-hydrogen) atoms. The van der Waals surface area contributed by atoms with E-state index in [4.69, 9.17) is 24.9 Å². The van der Waals surface area contributed by atoms with Crippen LogP contribution in [-0.2, 0) is 0 Å². The van der Waals surface area contributed by atoms with Crippen molar-refractivity contribution >= 4 is 54.4 Å². The molecule has 0 saturated heterocycles. The lowest BCUT2D eigenvalue weighted by Crippen LogP contribution is -1.98. The van der Waals surface area contributed by atoms with Crippen LogP contribution in [0.1, 0.15) is 0 Å². The second kappa shape index (κ2) is 14.7. The predicted octanol–water partition coefficient (Wildman–Crippen LogP) is 14.4. The van der Waals surface area contributed by atoms with Gasteiger partial charge < -0.3 is 0 Å². The van der Waals surface area contributed by atoms with Crippen LogP contribution in [0.5, 0.6) is 0 Å². The van der Waals surface area contributed by atoms with Gasteiger partial charge in [0.05, 0.1) is 33.5 Å². The molecule has 0 aliphatic heterocycles. The van der Waals surface area contributed by atoms with Crippen LogP contribution >= 0.6 is 0 Å². The van der Waals surface area contributed by atoms with Gasteiger partial charge in [-0.3, -0.25) is 4.98 Å². The van der Waals surface area contributed by atoms with Crippen molar-refractivity contribution in [3.63, 3.8) is 0 Å². The number of benzene rings is 9. The third-order valence-electron chi connectivity index (χ3n) is 12.0. The van der Waals surface area contributed by atoms with E-state index in [9.17, 15) is 0 Å². The molecular weight excluding hydrogens is 755 g/mol. The minimum Gasteiger partial charge on any atom is -0.255 e. The molecule has 0 atom stereocenters. The summed E-state index contributed by atoms with van der Waals surface area (Å²) in [5.41, 5.74) is 14.7. The van der Waals surface area contributed by atoms with Crippen molar-refractivity contribution in [3.8, 4) is 67.3 Å². The van der Waals surface area contributed by atoms with Crippen molar-refractivity contribution in [2.75, 3.05) is 0 Å². The van der Waals surface area contributed by atoms with Gasteiger partial charge in [-0.15, -0.1) is 0 Å². The molecule has 9 aromatic carbocycles. The normalized spacial score (nSPS) is 11.5. The van der Waals surface area contributed by atoms with E-state index < -0.39 is 0 Å². The highest BCUT2D eigenvalue weighted by atomic mass is 14.9. The lowest BCUT2D eigenvalue weighted by molar-refractivity contribution is 1.23. The molecule has 0 aliphatic rings. The van der Waals surface area contributed by atoms with Crippen molar-refractivity contribution in [2.45, 2.75) is 0 Å². The number of fused-ring (bicyclic) bond motifs is 6. The van der Waals surface area contributed by atoms with Gasteiger partial charge in [0.2, 0.25) is 0 Å². The molecule has 5 heteroatoms. The summed E-state index contributed by atoms with van der Waals surface area (Å²) in [5, 5.41) is 6.67. The third kappa shape index (κ3) is 5.98. The Balaban J connectivity index is 1.02. The maximum atomic E-state index is 5.49. The summed E-state index contributed by atoms with van der Waals surface area (Å²) in [6, 6.07) is 69.9. The molecule has 0 aliphatic carbocycles. The van der Waals surface area contributed by atoms with E-state index in [1.807, 2.05) is 54.9 Å². The Labute approximate surface area is 357 Å². The Morgan fingerprint density at radius 3 is 1.53 bits per heavy atom. The van der Waals surface area contributed by atoms with Crippen LogP contribution in [0.15, 0.2) is 213 Å². The Bertz CT molecular complexity index is 3670. The van der Waals surface area contributed by atoms with Gasteiger partial charge in [0.25, 0.3) is 0 Å². The molecule has 0 spiro atoms. The monoisotopic (exact) mass is 789 g/mol. The van der Waals surface area contributed by atoms with Crippen molar-refractivity contribution < 1.29 is 0 Å². The van der Waals surface area contributed by atoms with Crippen LogP contribution in [0, 0.1) is 0 Å². The second-order valence-electron chi connectivity index (χ2n) is 15.6. The standard InChI is InChI=1S/C57H35N5/c1-3-16-39(17-4-1)53-54(40-18-5-2-6-19-40)61-50-34-42(31-32-49(50)60-53)36-27-29-41(30-28-36)57-59-35-48-55-47(26-13-33-58-55)51(45-24-11-20-37-14-7-9-22-43(37)45)52(56(48)62-57)46-25-12-21-38-15-8-10-23-44(38)46/h1-35H. The predicted molar refractivity (Wildman–Crippen MR) is 256 cm³/mol. The molecule has 5 nitrogen and oxygen atoms in total. The Kier molecular flexibility index (Phi) is 8.42. The highest BCUT2D eigenvalue weighted by molar-refractivity contribution is 6.23. The molecule has 3 heterocycles. The zero-order valence-corrected chi connectivity index (χ0v) is 33.4. The minimum atomic E-state index is 0.648. The van der Waals surface area contributed by atoms with Crippen molar-refractivity contribution in [1.29, 1.82) is 0 Å². The van der Waals surface area contributed by atoms with Gasteiger partial charge in [-0.1, -0.05) is 182 Å². The van der Waals surface area contributed by atoms with Gasteiger partial charge in [-0.2, -0.15) is 0 Å². The van der Waals surface area contributed by atoms with Crippen molar-refractivity contribution in [1.82, 2.24) is 24.9 Å². The SMILES string of the molecule is c1ccc(-c2nc3ccc(-c4ccc(-c5ncc6c(n5)c(-c5cccc7ccccc57)c(-c5cccc7ccccc57)c5cccnc56)cc4)cc3nc2-c2ccccc2)cc1. The fraction of sp³-hybridized carbons (Fsp3) is 0. The molecule has 0 bridgehead atoms. The Morgan fingerprint density at radius 2 is 0.855 bits per heavy atom. The van der Waals surface area contributed by atoms with Gasteiger partial charge in [-0.05, 0) is 62.0 Å². The molecule has 288 valence electrons. The van der Waals surface area contributed by atoms with Gasteiger partial charge in [0.1, 0.15) is 0 Å². The van der Waals surface area contributed by atoms with Crippen LogP contribution < -0.4 is 0 Å². The molecule has 0 radical (unpaired) electrons. The molecule has 0 saturated carbocycles. The number of hydrogen-bond acceptors (Lipinski definition) is 5. The summed E-state index contributed by atoms with van der Waals surface area (Å²) in [7, 11) is 0. The largest absolute Gasteiger partial charge is 0.255 e. The van der Waals surface area contributed by atoms with Crippen LogP contribution in [0.3, 0.4) is 0 Å². The zero-order chi connectivity index (χ0) is 41.0. The molecule has 0 N–H and O–H groups in total. The van der Waals surface area contributed by atoms with Crippen LogP contribution in [-0.4, -0.2) is 24.9 Å². The van der Waals surface area contributed by atoms with Gasteiger partial charge in [0, 0.05) is 51.0 Å². The Morgan fingerprint density at radius 1 is 0.306 bits per heavy atom. The summed E-state index contributed by atoms with van der Waals surface area (Å²) >= 11 is 0. The summed E-state index contributed by atoms with van der Waals surface area (Å²) < 4.78 is 0. The first-order valence-electron chi connectivity index (χ1n) is 20.8. The number of hydrogen-bond donors (Lipinski definition) is 0. The number of pyridine rings is 1. The van der Waals surface area contributed by atoms with Crippen LogP contribution in [0.4, 0.5) is 0 Å². The maximum Gasteiger partial charge on any atom is 0.159 e. The molecule has 0 amide bonds. The number of nitrogens with zero attached hydrogens (tertiary/aromatic N) is 5. The summed E-state index contributed by atoms with van der Waals surface area (Å²) in [4.78, 5) is 25.9. The van der Waals surface area contributed by atoms with Gasteiger partial charge in [-0.25, -0.2) is 19.9 Å². The number of rotatable bonds is 6. The lowest BCUT2D eigenvalue weighted by atomic mass is 9.85. The van der Waals surface area contributed by atoms with Gasteiger partial charge in [0.15, 0.2) is 5.82 Å². The topological polar surface area (TPSA) is 64.5 Å². The Hall–Kier alpha value is -8.41. The second-order valence-corrected chi connectivity index (χ2v) is 15.6. The van der Waals surface area contributed by atoms with Crippen molar-refractivity contribution in [3.05, 3.63) is 213 Å². The van der Waals surface area contributed by atoms with E-state index in [1.54, 1.807) is 0 Å². The van der Waals surface area contributed by atoms with E-state index in [-0.39, 0.29) is 0 Å². The smallest absolute Gasteiger partial charge is 0.159 e. The molecule has 3 aromatic heterocycles. The maximum absolute atomic E-state index is 5.49. The first-order chi connectivity index (χ1) is 30.7. The van der Waals surface area contributed by atoms with Crippen LogP contribution in [0.25, 0.3) is 122 Å². The molecule has 12 aromatic rings. The highest BCUT2D eigenvalue weighted by Crippen LogP contribution is 2.47.